The van der Waals surface area contributed by atoms with E-state index < -0.39 is 0 Å². The van der Waals surface area contributed by atoms with E-state index in [9.17, 15) is 5.41 Å². The number of nitrogens with zero attached hydrogens (tertiary/aromatic N) is 4. The molecule has 9 aromatic rings. The Morgan fingerprint density at radius 1 is 0.549 bits per heavy atom. The van der Waals surface area contributed by atoms with Crippen LogP contribution in [0.4, 0.5) is 0 Å². The fourth-order valence-electron chi connectivity index (χ4n) is 7.03. The van der Waals surface area contributed by atoms with Gasteiger partial charge in [0.25, 0.3) is 0 Å². The molecular weight excluding hydrogens is 623 g/mol. The van der Waals surface area contributed by atoms with Crippen molar-refractivity contribution in [1.29, 1.82) is 5.41 Å². The topological polar surface area (TPSA) is 66.4 Å². The largest absolute Gasteiger partial charge is 0.308 e. The molecule has 9 rings (SSSR count). The van der Waals surface area contributed by atoms with Gasteiger partial charge in [-0.1, -0.05) is 152 Å². The minimum atomic E-state index is 0.130. The molecule has 0 saturated carbocycles. The minimum absolute atomic E-state index is 0.130. The summed E-state index contributed by atoms with van der Waals surface area (Å²) < 4.78 is 2.31. The second-order valence-corrected chi connectivity index (χ2v) is 12.4. The van der Waals surface area contributed by atoms with Gasteiger partial charge in [0.2, 0.25) is 0 Å². The van der Waals surface area contributed by atoms with Crippen molar-refractivity contribution in [3.8, 4) is 16.9 Å². The van der Waals surface area contributed by atoms with Gasteiger partial charge < -0.3 is 4.57 Å². The minimum Gasteiger partial charge on any atom is -0.308 e. The van der Waals surface area contributed by atoms with Crippen molar-refractivity contribution in [3.05, 3.63) is 193 Å². The Hall–Kier alpha value is -6.98. The first-order valence-corrected chi connectivity index (χ1v) is 17.0. The van der Waals surface area contributed by atoms with E-state index in [0.29, 0.717) is 11.4 Å². The van der Waals surface area contributed by atoms with E-state index in [-0.39, 0.29) is 5.84 Å². The number of rotatable bonds is 5. The molecule has 0 amide bonds. The van der Waals surface area contributed by atoms with Gasteiger partial charge in [0.1, 0.15) is 0 Å². The summed E-state index contributed by atoms with van der Waals surface area (Å²) >= 11 is 0. The number of hydrogen-bond acceptors (Lipinski definition) is 2. The molecule has 5 heteroatoms. The molecule has 0 saturated heterocycles. The highest BCUT2D eigenvalue weighted by Crippen LogP contribution is 2.42. The molecule has 51 heavy (non-hydrogen) atoms. The molecule has 0 spiro atoms. The smallest absolute Gasteiger partial charge is 0.161 e. The SMILES string of the molecule is N=C(N=C(N=Cc1ccccc1)c1ccccc1)c1cccc2c3ccc4c(-c5ccccc5)nc5ccccc5c4c3n(-c3ccccc3)c12. The summed E-state index contributed by atoms with van der Waals surface area (Å²) in [5.74, 6) is 0.601. The highest BCUT2D eigenvalue weighted by molar-refractivity contribution is 6.29. The molecule has 0 fully saturated rings. The Bertz CT molecular complexity index is 2780. The summed E-state index contributed by atoms with van der Waals surface area (Å²) in [6.07, 6.45) is 1.80. The van der Waals surface area contributed by atoms with Crippen LogP contribution in [0.3, 0.4) is 0 Å². The van der Waals surface area contributed by atoms with Gasteiger partial charge in [0, 0.05) is 55.5 Å². The molecule has 2 heterocycles. The number of aliphatic imine (C=N–C) groups is 2. The summed E-state index contributed by atoms with van der Waals surface area (Å²) in [5.41, 5.74) is 8.44. The Morgan fingerprint density at radius 3 is 1.92 bits per heavy atom. The molecule has 0 aliphatic rings. The van der Waals surface area contributed by atoms with E-state index in [2.05, 4.69) is 89.5 Å². The number of amidine groups is 2. The summed E-state index contributed by atoms with van der Waals surface area (Å²) in [5, 5.41) is 15.0. The summed E-state index contributed by atoms with van der Waals surface area (Å²) in [6.45, 7) is 0. The number of benzene rings is 7. The maximum Gasteiger partial charge on any atom is 0.161 e. The zero-order valence-electron chi connectivity index (χ0n) is 27.6. The average Bonchev–Trinajstić information content (AvgIpc) is 3.55. The van der Waals surface area contributed by atoms with Gasteiger partial charge >= 0.3 is 0 Å². The molecule has 2 aromatic heterocycles. The monoisotopic (exact) mass is 653 g/mol. The highest BCUT2D eigenvalue weighted by Gasteiger charge is 2.22. The summed E-state index contributed by atoms with van der Waals surface area (Å²) in [7, 11) is 0. The molecule has 0 aliphatic heterocycles. The molecule has 0 aliphatic carbocycles. The van der Waals surface area contributed by atoms with Gasteiger partial charge in [-0.2, -0.15) is 0 Å². The van der Waals surface area contributed by atoms with Crippen LogP contribution in [0, 0.1) is 5.41 Å². The van der Waals surface area contributed by atoms with Crippen molar-refractivity contribution in [3.63, 3.8) is 0 Å². The molecule has 1 N–H and O–H groups in total. The normalized spacial score (nSPS) is 12.0. The lowest BCUT2D eigenvalue weighted by atomic mass is 9.97. The lowest BCUT2D eigenvalue weighted by Gasteiger charge is -2.15. The van der Waals surface area contributed by atoms with Gasteiger partial charge in [-0.05, 0) is 29.8 Å². The van der Waals surface area contributed by atoms with Crippen LogP contribution in [-0.2, 0) is 0 Å². The first-order chi connectivity index (χ1) is 25.2. The number of nitrogens with one attached hydrogen (secondary N) is 1. The zero-order valence-corrected chi connectivity index (χ0v) is 27.6. The first-order valence-electron chi connectivity index (χ1n) is 17.0. The third kappa shape index (κ3) is 5.38. The van der Waals surface area contributed by atoms with Gasteiger partial charge in [-0.3, -0.25) is 5.41 Å². The van der Waals surface area contributed by atoms with Crippen molar-refractivity contribution >= 4 is 61.4 Å². The van der Waals surface area contributed by atoms with Crippen molar-refractivity contribution in [2.75, 3.05) is 0 Å². The Morgan fingerprint density at radius 2 is 1.16 bits per heavy atom. The second kappa shape index (κ2) is 12.8. The van der Waals surface area contributed by atoms with Gasteiger partial charge in [-0.25, -0.2) is 15.0 Å². The molecule has 7 aromatic carbocycles. The summed E-state index contributed by atoms with van der Waals surface area (Å²) in [6, 6.07) is 59.6. The predicted octanol–water partition coefficient (Wildman–Crippen LogP) is 11.0. The van der Waals surface area contributed by atoms with Gasteiger partial charge in [0.15, 0.2) is 11.7 Å². The molecule has 0 radical (unpaired) electrons. The molecule has 240 valence electrons. The number of para-hydroxylation sites is 3. The van der Waals surface area contributed by atoms with E-state index in [1.807, 2.05) is 91.0 Å². The van der Waals surface area contributed by atoms with Gasteiger partial charge in [0.05, 0.1) is 22.2 Å². The van der Waals surface area contributed by atoms with Gasteiger partial charge in [-0.15, -0.1) is 0 Å². The van der Waals surface area contributed by atoms with E-state index in [1.54, 1.807) is 6.21 Å². The fourth-order valence-corrected chi connectivity index (χ4v) is 7.03. The van der Waals surface area contributed by atoms with E-state index in [4.69, 9.17) is 15.0 Å². The Balaban J connectivity index is 1.36. The van der Waals surface area contributed by atoms with Crippen LogP contribution in [-0.4, -0.2) is 27.4 Å². The second-order valence-electron chi connectivity index (χ2n) is 12.4. The molecule has 5 nitrogen and oxygen atoms in total. The van der Waals surface area contributed by atoms with Crippen LogP contribution in [0.1, 0.15) is 16.7 Å². The third-order valence-electron chi connectivity index (χ3n) is 9.31. The first kappa shape index (κ1) is 30.1. The van der Waals surface area contributed by atoms with Crippen molar-refractivity contribution in [2.45, 2.75) is 0 Å². The van der Waals surface area contributed by atoms with Crippen molar-refractivity contribution in [1.82, 2.24) is 9.55 Å². The van der Waals surface area contributed by atoms with Crippen LogP contribution in [0.5, 0.6) is 0 Å². The predicted molar refractivity (Wildman–Crippen MR) is 213 cm³/mol. The van der Waals surface area contributed by atoms with E-state index in [1.165, 1.54) is 0 Å². The molecule has 0 bridgehead atoms. The lowest BCUT2D eigenvalue weighted by molar-refractivity contribution is 1.18. The maximum atomic E-state index is 9.56. The Labute approximate surface area is 295 Å². The van der Waals surface area contributed by atoms with Crippen LogP contribution < -0.4 is 0 Å². The standard InChI is InChI=1S/C46H31N5/c47-45(50-46(33-20-9-3-10-21-33)48-30-31-16-5-1-6-17-31)39-26-15-25-35-36-28-29-38-41(44(36)51(43(35)39)34-22-11-4-12-23-34)37-24-13-14-27-40(37)49-42(38)32-18-7-2-8-19-32/h1-30,47H. The number of pyridine rings is 1. The van der Waals surface area contributed by atoms with Crippen molar-refractivity contribution in [2.24, 2.45) is 9.98 Å². The van der Waals surface area contributed by atoms with Crippen LogP contribution in [0.15, 0.2) is 186 Å². The number of fused-ring (bicyclic) bond motifs is 7. The molecular formula is C46H31N5. The van der Waals surface area contributed by atoms with E-state index >= 15 is 0 Å². The lowest BCUT2D eigenvalue weighted by Crippen LogP contribution is -2.06. The summed E-state index contributed by atoms with van der Waals surface area (Å²) in [4.78, 5) is 15.0. The molecule has 0 atom stereocenters. The molecule has 0 unspecified atom stereocenters. The van der Waals surface area contributed by atoms with Crippen LogP contribution in [0.2, 0.25) is 0 Å². The van der Waals surface area contributed by atoms with Crippen LogP contribution >= 0.6 is 0 Å². The number of hydrogen-bond donors (Lipinski definition) is 1. The Kier molecular flexibility index (Phi) is 7.56. The highest BCUT2D eigenvalue weighted by atomic mass is 15.0. The number of aromatic nitrogens is 2. The fraction of sp³-hybridized carbons (Fsp3) is 0. The zero-order chi connectivity index (χ0) is 34.1. The average molecular weight is 654 g/mol. The quantitative estimate of drug-likeness (QED) is 0.112. The van der Waals surface area contributed by atoms with Crippen molar-refractivity contribution < 1.29 is 0 Å². The van der Waals surface area contributed by atoms with Crippen LogP contribution in [0.25, 0.3) is 60.4 Å². The van der Waals surface area contributed by atoms with E-state index in [0.717, 1.165) is 71.6 Å². The maximum absolute atomic E-state index is 9.56. The third-order valence-corrected chi connectivity index (χ3v) is 9.31.